The third-order valence-electron chi connectivity index (χ3n) is 15.9. The quantitative estimate of drug-likeness (QED) is 0.153. The van der Waals surface area contributed by atoms with E-state index in [-0.39, 0.29) is 20.8 Å². The molecule has 10 aromatic carbocycles. The van der Waals surface area contributed by atoms with E-state index in [1.807, 2.05) is 48.5 Å². The Labute approximate surface area is 450 Å². The van der Waals surface area contributed by atoms with Crippen LogP contribution in [-0.4, -0.2) is 0 Å². The normalized spacial score (nSPS) is 14.2. The lowest BCUT2D eigenvalue weighted by atomic mass is 9.55. The standard InChI is InChI=1S/C66H40F8N2S2/c1-63(2)47-19-3-5-21-49(47)64(50-22-6-4-20-48(50)63)45-33-31-37(75(55-27-9-7-25-53(55)67)57-29-13-17-41-39-15-11-23-51(65(69,70)71)59(39)77-61(41)57)35-43(45)44-36-38(32-34-46(44)64)76(56-28-10-8-26-54(56)68)58-30-14-18-42-40-16-12-24-52(66(72,73)74)60(40)78-62(42)58/h3-36H,1-2H3. The largest absolute Gasteiger partial charge is 0.417 e. The summed E-state index contributed by atoms with van der Waals surface area (Å²) in [6, 6.07) is 60.6. The van der Waals surface area contributed by atoms with Crippen LogP contribution >= 0.6 is 22.7 Å². The van der Waals surface area contributed by atoms with Crippen LogP contribution < -0.4 is 9.80 Å². The van der Waals surface area contributed by atoms with E-state index in [0.717, 1.165) is 79.3 Å². The van der Waals surface area contributed by atoms with E-state index < -0.39 is 45.9 Å². The highest BCUT2D eigenvalue weighted by Gasteiger charge is 2.53. The van der Waals surface area contributed by atoms with Gasteiger partial charge >= 0.3 is 12.4 Å². The molecule has 0 fully saturated rings. The van der Waals surface area contributed by atoms with Gasteiger partial charge in [0.15, 0.2) is 0 Å². The molecule has 0 bridgehead atoms. The lowest BCUT2D eigenvalue weighted by Crippen LogP contribution is -2.40. The van der Waals surface area contributed by atoms with Crippen LogP contribution in [-0.2, 0) is 23.2 Å². The zero-order valence-electron chi connectivity index (χ0n) is 41.4. The number of benzene rings is 10. The second-order valence-electron chi connectivity index (χ2n) is 20.4. The molecule has 0 N–H and O–H groups in total. The number of fused-ring (bicyclic) bond motifs is 15. The number of nitrogens with zero attached hydrogens (tertiary/aromatic N) is 2. The predicted octanol–water partition coefficient (Wildman–Crippen LogP) is 20.7. The van der Waals surface area contributed by atoms with Gasteiger partial charge in [0, 0.05) is 47.7 Å². The van der Waals surface area contributed by atoms with Crippen molar-refractivity contribution in [2.45, 2.75) is 37.0 Å². The summed E-state index contributed by atoms with van der Waals surface area (Å²) >= 11 is 2.02. The van der Waals surface area contributed by atoms with Gasteiger partial charge in [-0.05, 0) is 117 Å². The second kappa shape index (κ2) is 17.1. The minimum Gasteiger partial charge on any atom is -0.306 e. The maximum absolute atomic E-state index is 16.7. The molecule has 0 amide bonds. The van der Waals surface area contributed by atoms with Crippen molar-refractivity contribution in [2.75, 3.05) is 9.80 Å². The molecule has 14 rings (SSSR count). The highest BCUT2D eigenvalue weighted by Crippen LogP contribution is 2.64. The van der Waals surface area contributed by atoms with Crippen LogP contribution in [0.5, 0.6) is 0 Å². The van der Waals surface area contributed by atoms with Crippen molar-refractivity contribution < 1.29 is 35.1 Å². The van der Waals surface area contributed by atoms with Gasteiger partial charge in [0.25, 0.3) is 0 Å². The molecule has 2 aromatic heterocycles. The lowest BCUT2D eigenvalue weighted by molar-refractivity contribution is -0.137. The van der Waals surface area contributed by atoms with E-state index in [2.05, 4.69) is 50.2 Å². The zero-order valence-corrected chi connectivity index (χ0v) is 43.0. The summed E-state index contributed by atoms with van der Waals surface area (Å²) in [5.74, 6) is -1.11. The third kappa shape index (κ3) is 6.84. The first-order valence-corrected chi connectivity index (χ1v) is 26.8. The molecule has 2 heterocycles. The van der Waals surface area contributed by atoms with Gasteiger partial charge in [-0.1, -0.05) is 147 Å². The van der Waals surface area contributed by atoms with Crippen molar-refractivity contribution in [2.24, 2.45) is 0 Å². The first kappa shape index (κ1) is 48.1. The van der Waals surface area contributed by atoms with Crippen LogP contribution in [0.4, 0.5) is 69.2 Å². The maximum atomic E-state index is 16.7. The topological polar surface area (TPSA) is 6.48 Å². The molecule has 2 aliphatic rings. The van der Waals surface area contributed by atoms with Gasteiger partial charge in [-0.25, -0.2) is 8.78 Å². The molecule has 12 aromatic rings. The van der Waals surface area contributed by atoms with Gasteiger partial charge in [-0.3, -0.25) is 0 Å². The lowest BCUT2D eigenvalue weighted by Gasteiger charge is -2.46. The Hall–Kier alpha value is -8.32. The monoisotopic (exact) mass is 1080 g/mol. The summed E-state index contributed by atoms with van der Waals surface area (Å²) in [5, 5.41) is 2.04. The first-order valence-electron chi connectivity index (χ1n) is 25.2. The van der Waals surface area contributed by atoms with Gasteiger partial charge < -0.3 is 9.80 Å². The molecule has 0 unspecified atom stereocenters. The molecule has 0 aliphatic heterocycles. The number of para-hydroxylation sites is 2. The highest BCUT2D eigenvalue weighted by atomic mass is 32.1. The summed E-state index contributed by atoms with van der Waals surface area (Å²) in [4.78, 5) is 3.54. The maximum Gasteiger partial charge on any atom is 0.417 e. The number of hydrogen-bond donors (Lipinski definition) is 0. The highest BCUT2D eigenvalue weighted by molar-refractivity contribution is 7.27. The van der Waals surface area contributed by atoms with Crippen LogP contribution in [0.2, 0.25) is 0 Å². The Morgan fingerprint density at radius 3 is 1.09 bits per heavy atom. The number of hydrogen-bond acceptors (Lipinski definition) is 4. The average molecular weight is 1080 g/mol. The van der Waals surface area contributed by atoms with Crippen molar-refractivity contribution in [3.63, 3.8) is 0 Å². The van der Waals surface area contributed by atoms with Crippen molar-refractivity contribution in [3.8, 4) is 11.1 Å². The van der Waals surface area contributed by atoms with Crippen LogP contribution in [0.25, 0.3) is 51.5 Å². The van der Waals surface area contributed by atoms with Crippen molar-refractivity contribution in [3.05, 3.63) is 262 Å². The van der Waals surface area contributed by atoms with Crippen LogP contribution in [0, 0.1) is 11.6 Å². The van der Waals surface area contributed by atoms with Gasteiger partial charge in [0.2, 0.25) is 0 Å². The smallest absolute Gasteiger partial charge is 0.306 e. The molecule has 78 heavy (non-hydrogen) atoms. The van der Waals surface area contributed by atoms with Gasteiger partial charge in [0.05, 0.1) is 48.7 Å². The summed E-state index contributed by atoms with van der Waals surface area (Å²) in [5.41, 5.74) is 7.14. The van der Waals surface area contributed by atoms with Crippen LogP contribution in [0.3, 0.4) is 0 Å². The number of halogens is 8. The van der Waals surface area contributed by atoms with E-state index in [9.17, 15) is 26.3 Å². The molecular formula is C66H40F8N2S2. The SMILES string of the molecule is CC1(C)c2ccccc2C2(c3ccc(N(c4ccccc4F)c4cccc5c4sc4c(C(F)(F)F)cccc45)cc3-c3cc(N(c4ccccc4F)c4cccc5c4sc4c(C(F)(F)F)cccc45)ccc32)c2ccccc21. The Balaban J connectivity index is 1.07. The molecule has 0 radical (unpaired) electrons. The Morgan fingerprint density at radius 2 is 0.692 bits per heavy atom. The minimum atomic E-state index is -4.62. The summed E-state index contributed by atoms with van der Waals surface area (Å²) in [6.07, 6.45) is -9.25. The molecule has 382 valence electrons. The van der Waals surface area contributed by atoms with Crippen LogP contribution in [0.1, 0.15) is 58.4 Å². The molecule has 0 saturated carbocycles. The molecule has 0 saturated heterocycles. The predicted molar refractivity (Wildman–Crippen MR) is 301 cm³/mol. The van der Waals surface area contributed by atoms with Gasteiger partial charge in [0.1, 0.15) is 11.6 Å². The van der Waals surface area contributed by atoms with Crippen LogP contribution in [0.15, 0.2) is 206 Å². The average Bonchev–Trinajstić information content (AvgIpc) is 4.25. The Morgan fingerprint density at radius 1 is 0.346 bits per heavy atom. The van der Waals surface area contributed by atoms with E-state index in [1.54, 1.807) is 94.7 Å². The molecule has 12 heteroatoms. The number of thiophene rings is 2. The van der Waals surface area contributed by atoms with E-state index in [1.165, 1.54) is 24.3 Å². The third-order valence-corrected chi connectivity index (χ3v) is 18.5. The molecule has 2 nitrogen and oxygen atoms in total. The fourth-order valence-electron chi connectivity index (χ4n) is 12.7. The number of anilines is 6. The first-order chi connectivity index (χ1) is 37.6. The van der Waals surface area contributed by atoms with Gasteiger partial charge in [-0.15, -0.1) is 22.7 Å². The minimum absolute atomic E-state index is 0.0716. The Kier molecular flexibility index (Phi) is 10.5. The summed E-state index contributed by atoms with van der Waals surface area (Å²) < 4.78 is 123. The second-order valence-corrected chi connectivity index (χ2v) is 22.4. The Bertz CT molecular complexity index is 4190. The van der Waals surface area contributed by atoms with E-state index in [4.69, 9.17) is 0 Å². The summed E-state index contributed by atoms with van der Waals surface area (Å²) in [6.45, 7) is 4.44. The van der Waals surface area contributed by atoms with Crippen molar-refractivity contribution in [1.29, 1.82) is 0 Å². The fourth-order valence-corrected chi connectivity index (χ4v) is 15.3. The van der Waals surface area contributed by atoms with E-state index >= 15 is 8.78 Å². The molecule has 0 atom stereocenters. The van der Waals surface area contributed by atoms with Crippen molar-refractivity contribution in [1.82, 2.24) is 0 Å². The molecular weight excluding hydrogens is 1040 g/mol. The molecule has 1 spiro atoms. The van der Waals surface area contributed by atoms with Gasteiger partial charge in [-0.2, -0.15) is 26.3 Å². The van der Waals surface area contributed by atoms with E-state index in [0.29, 0.717) is 53.7 Å². The number of rotatable bonds is 6. The fraction of sp³-hybridized carbons (Fsp3) is 0.0909. The molecule has 2 aliphatic carbocycles. The zero-order chi connectivity index (χ0) is 53.6. The number of alkyl halides is 6. The summed E-state index contributed by atoms with van der Waals surface area (Å²) in [7, 11) is 0. The van der Waals surface area contributed by atoms with Crippen molar-refractivity contribution >= 4 is 97.1 Å².